The first-order chi connectivity index (χ1) is 16.4. The number of aryl methyl sites for hydroxylation is 3. The number of aromatic nitrogens is 1. The molecule has 2 fully saturated rings. The van der Waals surface area contributed by atoms with Gasteiger partial charge in [0.2, 0.25) is 0 Å². The van der Waals surface area contributed by atoms with Crippen molar-refractivity contribution in [2.75, 3.05) is 44.2 Å². The maximum atomic E-state index is 10.3. The lowest BCUT2D eigenvalue weighted by Gasteiger charge is -2.28. The summed E-state index contributed by atoms with van der Waals surface area (Å²) in [7, 11) is 0. The van der Waals surface area contributed by atoms with Gasteiger partial charge in [-0.25, -0.2) is 4.98 Å². The molecule has 3 aliphatic rings. The summed E-state index contributed by atoms with van der Waals surface area (Å²) in [5.74, 6) is 1.65. The number of aliphatic hydroxyl groups excluding tert-OH is 1. The minimum absolute atomic E-state index is 0.0240. The first kappa shape index (κ1) is 25.9. The molecule has 1 aliphatic carbocycles. The van der Waals surface area contributed by atoms with Crippen LogP contribution in [0.3, 0.4) is 0 Å². The van der Waals surface area contributed by atoms with Crippen LogP contribution in [0.15, 0.2) is 18.2 Å². The van der Waals surface area contributed by atoms with E-state index >= 15 is 0 Å². The Bertz CT molecular complexity index is 992. The fourth-order valence-corrected chi connectivity index (χ4v) is 5.85. The predicted octanol–water partition coefficient (Wildman–Crippen LogP) is 2.96. The number of anilines is 1. The van der Waals surface area contributed by atoms with Crippen LogP contribution in [0.5, 0.6) is 0 Å². The molecule has 2 atom stereocenters. The predicted molar refractivity (Wildman–Crippen MR) is 132 cm³/mol. The van der Waals surface area contributed by atoms with Gasteiger partial charge in [-0.15, -0.1) is 0 Å². The van der Waals surface area contributed by atoms with Crippen molar-refractivity contribution in [1.82, 2.24) is 9.88 Å². The number of carbonyl (C=O) groups is 2. The van der Waals surface area contributed by atoms with Gasteiger partial charge in [-0.05, 0) is 80.0 Å². The highest BCUT2D eigenvalue weighted by Crippen LogP contribution is 2.44. The van der Waals surface area contributed by atoms with Crippen LogP contribution in [-0.4, -0.2) is 77.5 Å². The van der Waals surface area contributed by atoms with E-state index in [1.165, 1.54) is 60.7 Å². The molecule has 5 rings (SSSR count). The molecule has 0 spiro atoms. The molecule has 0 radical (unpaired) electrons. The summed E-state index contributed by atoms with van der Waals surface area (Å²) >= 11 is 0. The van der Waals surface area contributed by atoms with Crippen LogP contribution in [0.25, 0.3) is 10.9 Å². The van der Waals surface area contributed by atoms with Gasteiger partial charge < -0.3 is 25.1 Å². The van der Waals surface area contributed by atoms with Gasteiger partial charge in [0.1, 0.15) is 5.82 Å². The molecule has 8 nitrogen and oxygen atoms in total. The largest absolute Gasteiger partial charge is 0.483 e. The van der Waals surface area contributed by atoms with E-state index in [9.17, 15) is 5.11 Å². The maximum Gasteiger partial charge on any atom is 0.290 e. The quantitative estimate of drug-likeness (QED) is 0.571. The summed E-state index contributed by atoms with van der Waals surface area (Å²) in [6, 6.07) is 6.98. The molecule has 1 aromatic carbocycles. The number of fused-ring (bicyclic) bond motifs is 3. The molecule has 0 bridgehead atoms. The molecule has 1 aromatic heterocycles. The highest BCUT2D eigenvalue weighted by Gasteiger charge is 2.52. The van der Waals surface area contributed by atoms with Gasteiger partial charge in [-0.3, -0.25) is 9.59 Å². The lowest BCUT2D eigenvalue weighted by molar-refractivity contribution is -0.123. The second-order valence-electron chi connectivity index (χ2n) is 9.69. The topological polar surface area (TPSA) is 114 Å². The van der Waals surface area contributed by atoms with E-state index in [1.54, 1.807) is 0 Å². The number of hydrogen-bond acceptors (Lipinski definition) is 6. The second-order valence-corrected chi connectivity index (χ2v) is 9.69. The minimum Gasteiger partial charge on any atom is -0.483 e. The van der Waals surface area contributed by atoms with Crippen LogP contribution < -0.4 is 4.90 Å². The summed E-state index contributed by atoms with van der Waals surface area (Å²) < 4.78 is 0. The molecule has 2 saturated heterocycles. The van der Waals surface area contributed by atoms with Gasteiger partial charge in [0.15, 0.2) is 0 Å². The van der Waals surface area contributed by atoms with Gasteiger partial charge in [0.05, 0.1) is 12.1 Å². The van der Waals surface area contributed by atoms with Gasteiger partial charge in [-0.1, -0.05) is 13.3 Å². The molecule has 2 aliphatic heterocycles. The molecule has 186 valence electrons. The van der Waals surface area contributed by atoms with E-state index in [0.29, 0.717) is 5.92 Å². The van der Waals surface area contributed by atoms with Crippen molar-refractivity contribution >= 4 is 29.7 Å². The normalized spacial score (nSPS) is 22.9. The Balaban J connectivity index is 0.000000492. The Morgan fingerprint density at radius 2 is 1.76 bits per heavy atom. The molecule has 3 heterocycles. The summed E-state index contributed by atoms with van der Waals surface area (Å²) in [6.07, 6.45) is 6.19. The molecule has 34 heavy (non-hydrogen) atoms. The number of likely N-dealkylation sites (tertiary alicyclic amines) is 1. The SMILES string of the molecule is CCCCN1CC2CN(c3cc(C)c4cc5c(cc4n3)CCC5)CC2(CO)C1.O=CO.O=CO. The molecule has 3 N–H and O–H groups in total. The average molecular weight is 472 g/mol. The number of hydrogen-bond donors (Lipinski definition) is 3. The second kappa shape index (κ2) is 11.6. The van der Waals surface area contributed by atoms with Crippen LogP contribution in [0.1, 0.15) is 42.9 Å². The fraction of sp³-hybridized carbons (Fsp3) is 0.577. The third kappa shape index (κ3) is 5.33. The summed E-state index contributed by atoms with van der Waals surface area (Å²) in [4.78, 5) is 26.8. The van der Waals surface area contributed by atoms with Crippen LogP contribution in [0.4, 0.5) is 5.82 Å². The standard InChI is InChI=1S/C24H33N3O.2CH2O2/c1-3-4-8-26-12-20-13-27(15-24(20,14-26)16-28)23-9-17(2)21-10-18-6-5-7-19(18)11-22(21)25-23;2*2-1-3/h9-11,20,28H,3-8,12-16H2,1-2H3;2*1H,(H,2,3). The van der Waals surface area contributed by atoms with E-state index < -0.39 is 0 Å². The van der Waals surface area contributed by atoms with Crippen molar-refractivity contribution in [3.05, 3.63) is 34.9 Å². The summed E-state index contributed by atoms with van der Waals surface area (Å²) in [6.45, 7) is 9.54. The fourth-order valence-electron chi connectivity index (χ4n) is 5.85. The number of aliphatic hydroxyl groups is 1. The third-order valence-electron chi connectivity index (χ3n) is 7.51. The van der Waals surface area contributed by atoms with Crippen LogP contribution in [-0.2, 0) is 22.4 Å². The van der Waals surface area contributed by atoms with Gasteiger partial charge in [0.25, 0.3) is 12.9 Å². The van der Waals surface area contributed by atoms with Crippen molar-refractivity contribution < 1.29 is 24.9 Å². The van der Waals surface area contributed by atoms with Gasteiger partial charge in [-0.2, -0.15) is 0 Å². The third-order valence-corrected chi connectivity index (χ3v) is 7.51. The smallest absolute Gasteiger partial charge is 0.290 e. The Morgan fingerprint density at radius 1 is 1.09 bits per heavy atom. The highest BCUT2D eigenvalue weighted by molar-refractivity contribution is 5.86. The first-order valence-corrected chi connectivity index (χ1v) is 12.1. The Morgan fingerprint density at radius 3 is 2.38 bits per heavy atom. The molecular weight excluding hydrogens is 434 g/mol. The number of pyridine rings is 1. The number of nitrogens with zero attached hydrogens (tertiary/aromatic N) is 3. The number of benzene rings is 1. The van der Waals surface area contributed by atoms with Gasteiger partial charge in [0, 0.05) is 37.0 Å². The molecule has 2 unspecified atom stereocenters. The summed E-state index contributed by atoms with van der Waals surface area (Å²) in [5.41, 5.74) is 5.51. The lowest BCUT2D eigenvalue weighted by atomic mass is 9.82. The van der Waals surface area contributed by atoms with Gasteiger partial charge >= 0.3 is 0 Å². The monoisotopic (exact) mass is 471 g/mol. The number of carboxylic acid groups (broad SMARTS) is 2. The number of rotatable bonds is 5. The van der Waals surface area contributed by atoms with Crippen LogP contribution in [0, 0.1) is 18.3 Å². The average Bonchev–Trinajstić information content (AvgIpc) is 3.50. The molecule has 0 amide bonds. The van der Waals surface area contributed by atoms with E-state index in [-0.39, 0.29) is 25.0 Å². The Kier molecular flexibility index (Phi) is 8.85. The Hall–Kier alpha value is -2.71. The van der Waals surface area contributed by atoms with E-state index in [2.05, 4.69) is 41.8 Å². The van der Waals surface area contributed by atoms with Crippen molar-refractivity contribution in [1.29, 1.82) is 0 Å². The number of unbranched alkanes of at least 4 members (excludes halogenated alkanes) is 1. The zero-order valence-electron chi connectivity index (χ0n) is 20.2. The van der Waals surface area contributed by atoms with Crippen LogP contribution >= 0.6 is 0 Å². The molecular formula is C26H37N3O5. The zero-order valence-corrected chi connectivity index (χ0v) is 20.2. The van der Waals surface area contributed by atoms with Crippen LogP contribution in [0.2, 0.25) is 0 Å². The van der Waals surface area contributed by atoms with Crippen molar-refractivity contribution in [3.8, 4) is 0 Å². The maximum absolute atomic E-state index is 10.3. The molecule has 0 saturated carbocycles. The van der Waals surface area contributed by atoms with Crippen molar-refractivity contribution in [2.45, 2.75) is 46.0 Å². The minimum atomic E-state index is -0.250. The highest BCUT2D eigenvalue weighted by atomic mass is 16.3. The van der Waals surface area contributed by atoms with E-state index in [0.717, 1.165) is 37.5 Å². The Labute approximate surface area is 201 Å². The first-order valence-electron chi connectivity index (χ1n) is 12.1. The van der Waals surface area contributed by atoms with E-state index in [4.69, 9.17) is 24.8 Å². The zero-order chi connectivity index (χ0) is 24.7. The van der Waals surface area contributed by atoms with Crippen molar-refractivity contribution in [2.24, 2.45) is 11.3 Å². The molecule has 2 aromatic rings. The summed E-state index contributed by atoms with van der Waals surface area (Å²) in [5, 5.41) is 25.4. The van der Waals surface area contributed by atoms with Crippen molar-refractivity contribution in [3.63, 3.8) is 0 Å². The lowest BCUT2D eigenvalue weighted by Crippen LogP contribution is -2.37. The molecule has 8 heteroatoms. The van der Waals surface area contributed by atoms with E-state index in [1.807, 2.05) is 0 Å².